The largest absolute Gasteiger partial charge is 0.481 e. The van der Waals surface area contributed by atoms with Crippen LogP contribution in [-0.2, 0) is 9.59 Å². The maximum atomic E-state index is 10.3. The number of aliphatic carboxylic acids is 2. The van der Waals surface area contributed by atoms with Crippen LogP contribution in [0.4, 0.5) is 0 Å². The molecule has 4 heteroatoms. The monoisotopic (exact) mass is 244 g/mol. The van der Waals surface area contributed by atoms with Crippen LogP contribution in [-0.4, -0.2) is 22.2 Å². The predicted octanol–water partition coefficient (Wildman–Crippen LogP) is 3.30. The molecule has 100 valence electrons. The minimum Gasteiger partial charge on any atom is -0.481 e. The van der Waals surface area contributed by atoms with Gasteiger partial charge in [-0.2, -0.15) is 0 Å². The topological polar surface area (TPSA) is 74.6 Å². The molecule has 0 aromatic carbocycles. The van der Waals surface area contributed by atoms with Crippen molar-refractivity contribution in [2.24, 2.45) is 5.41 Å². The average Bonchev–Trinajstić information content (AvgIpc) is 2.19. The van der Waals surface area contributed by atoms with Gasteiger partial charge in [0.1, 0.15) is 0 Å². The molecule has 0 aromatic heterocycles. The molecule has 0 spiro atoms. The minimum atomic E-state index is -0.732. The van der Waals surface area contributed by atoms with Crippen molar-refractivity contribution >= 4 is 11.9 Å². The standard InChI is InChI=1S/C13H24O4/c1-13(2,9-5-3-7-11(14)15)10-6-4-8-12(16)17/h3-10H2,1-2H3,(H,14,15)(H,16,17). The highest BCUT2D eigenvalue weighted by molar-refractivity contribution is 5.66. The van der Waals surface area contributed by atoms with E-state index in [9.17, 15) is 9.59 Å². The molecule has 0 aromatic rings. The normalized spacial score (nSPS) is 11.4. The Bertz CT molecular complexity index is 222. The summed E-state index contributed by atoms with van der Waals surface area (Å²) in [6.07, 6.45) is 5.82. The second-order valence-electron chi connectivity index (χ2n) is 5.37. The summed E-state index contributed by atoms with van der Waals surface area (Å²) in [7, 11) is 0. The van der Waals surface area contributed by atoms with Crippen molar-refractivity contribution < 1.29 is 19.8 Å². The second kappa shape index (κ2) is 8.09. The summed E-state index contributed by atoms with van der Waals surface area (Å²) >= 11 is 0. The molecular formula is C13H24O4. The second-order valence-corrected chi connectivity index (χ2v) is 5.37. The number of hydrogen-bond acceptors (Lipinski definition) is 2. The van der Waals surface area contributed by atoms with Crippen molar-refractivity contribution in [3.05, 3.63) is 0 Å². The number of unbranched alkanes of at least 4 members (excludes halogenated alkanes) is 2. The lowest BCUT2D eigenvalue weighted by molar-refractivity contribution is -0.138. The van der Waals surface area contributed by atoms with Gasteiger partial charge in [0.05, 0.1) is 0 Å². The zero-order valence-corrected chi connectivity index (χ0v) is 10.9. The van der Waals surface area contributed by atoms with Crippen LogP contribution in [0.3, 0.4) is 0 Å². The molecule has 0 unspecified atom stereocenters. The molecule has 4 nitrogen and oxygen atoms in total. The van der Waals surface area contributed by atoms with E-state index >= 15 is 0 Å². The van der Waals surface area contributed by atoms with E-state index in [-0.39, 0.29) is 18.3 Å². The van der Waals surface area contributed by atoms with Gasteiger partial charge in [0.25, 0.3) is 0 Å². The van der Waals surface area contributed by atoms with Crippen LogP contribution in [0.2, 0.25) is 0 Å². The van der Waals surface area contributed by atoms with Gasteiger partial charge < -0.3 is 10.2 Å². The van der Waals surface area contributed by atoms with Crippen molar-refractivity contribution in [2.45, 2.75) is 65.2 Å². The van der Waals surface area contributed by atoms with Gasteiger partial charge in [0, 0.05) is 12.8 Å². The van der Waals surface area contributed by atoms with Crippen molar-refractivity contribution in [1.82, 2.24) is 0 Å². The number of carboxylic acids is 2. The summed E-state index contributed by atoms with van der Waals surface area (Å²) in [6, 6.07) is 0. The molecule has 0 saturated carbocycles. The van der Waals surface area contributed by atoms with E-state index in [0.29, 0.717) is 0 Å². The van der Waals surface area contributed by atoms with Crippen LogP contribution < -0.4 is 0 Å². The van der Waals surface area contributed by atoms with E-state index in [1.807, 2.05) is 0 Å². The first-order chi connectivity index (χ1) is 7.83. The Kier molecular flexibility index (Phi) is 7.59. The highest BCUT2D eigenvalue weighted by Gasteiger charge is 2.17. The molecule has 0 saturated heterocycles. The van der Waals surface area contributed by atoms with Crippen molar-refractivity contribution in [2.75, 3.05) is 0 Å². The van der Waals surface area contributed by atoms with Gasteiger partial charge in [0.2, 0.25) is 0 Å². The number of carbonyl (C=O) groups is 2. The number of hydrogen-bond donors (Lipinski definition) is 2. The Morgan fingerprint density at radius 3 is 1.47 bits per heavy atom. The Hall–Kier alpha value is -1.06. The van der Waals surface area contributed by atoms with Crippen LogP contribution >= 0.6 is 0 Å². The minimum absolute atomic E-state index is 0.191. The van der Waals surface area contributed by atoms with Gasteiger partial charge in [-0.3, -0.25) is 9.59 Å². The summed E-state index contributed by atoms with van der Waals surface area (Å²) in [5.41, 5.74) is 0.191. The highest BCUT2D eigenvalue weighted by atomic mass is 16.4. The molecule has 0 aliphatic heterocycles. The van der Waals surface area contributed by atoms with E-state index in [1.54, 1.807) is 0 Å². The Morgan fingerprint density at radius 2 is 1.18 bits per heavy atom. The van der Waals surface area contributed by atoms with Gasteiger partial charge in [-0.1, -0.05) is 26.7 Å². The summed E-state index contributed by atoms with van der Waals surface area (Å²) in [6.45, 7) is 4.32. The summed E-state index contributed by atoms with van der Waals surface area (Å²) in [5, 5.41) is 17.0. The molecule has 0 fully saturated rings. The van der Waals surface area contributed by atoms with E-state index < -0.39 is 11.9 Å². The molecular weight excluding hydrogens is 220 g/mol. The molecule has 17 heavy (non-hydrogen) atoms. The Morgan fingerprint density at radius 1 is 0.824 bits per heavy atom. The third kappa shape index (κ3) is 11.2. The van der Waals surface area contributed by atoms with E-state index in [0.717, 1.165) is 38.5 Å². The summed E-state index contributed by atoms with van der Waals surface area (Å²) < 4.78 is 0. The first-order valence-electron chi connectivity index (χ1n) is 6.27. The van der Waals surface area contributed by atoms with Crippen molar-refractivity contribution in [3.63, 3.8) is 0 Å². The maximum absolute atomic E-state index is 10.3. The van der Waals surface area contributed by atoms with Gasteiger partial charge in [-0.05, 0) is 31.1 Å². The Balaban J connectivity index is 3.57. The third-order valence-corrected chi connectivity index (χ3v) is 2.99. The SMILES string of the molecule is CC(C)(CCCCC(=O)O)CCCCC(=O)O. The van der Waals surface area contributed by atoms with Crippen molar-refractivity contribution in [3.8, 4) is 0 Å². The molecule has 0 aliphatic rings. The number of carboxylic acid groups (broad SMARTS) is 2. The van der Waals surface area contributed by atoms with Gasteiger partial charge in [-0.15, -0.1) is 0 Å². The molecule has 0 heterocycles. The van der Waals surface area contributed by atoms with Crippen LogP contribution in [0.5, 0.6) is 0 Å². The lowest BCUT2D eigenvalue weighted by atomic mass is 9.82. The fraction of sp³-hybridized carbons (Fsp3) is 0.846. The smallest absolute Gasteiger partial charge is 0.303 e. The van der Waals surface area contributed by atoms with E-state index in [4.69, 9.17) is 10.2 Å². The first-order valence-corrected chi connectivity index (χ1v) is 6.27. The van der Waals surface area contributed by atoms with Crippen LogP contribution in [0.1, 0.15) is 65.2 Å². The maximum Gasteiger partial charge on any atom is 0.303 e. The van der Waals surface area contributed by atoms with Gasteiger partial charge in [-0.25, -0.2) is 0 Å². The van der Waals surface area contributed by atoms with Crippen molar-refractivity contribution in [1.29, 1.82) is 0 Å². The molecule has 0 atom stereocenters. The lowest BCUT2D eigenvalue weighted by Crippen LogP contribution is -2.11. The summed E-state index contributed by atoms with van der Waals surface area (Å²) in [5.74, 6) is -1.46. The lowest BCUT2D eigenvalue weighted by Gasteiger charge is -2.24. The third-order valence-electron chi connectivity index (χ3n) is 2.99. The van der Waals surface area contributed by atoms with Crippen LogP contribution in [0, 0.1) is 5.41 Å². The molecule has 2 N–H and O–H groups in total. The zero-order chi connectivity index (χ0) is 13.3. The van der Waals surface area contributed by atoms with Crippen LogP contribution in [0.15, 0.2) is 0 Å². The molecule has 0 rings (SSSR count). The summed E-state index contributed by atoms with van der Waals surface area (Å²) in [4.78, 5) is 20.7. The zero-order valence-electron chi connectivity index (χ0n) is 10.9. The highest BCUT2D eigenvalue weighted by Crippen LogP contribution is 2.30. The molecule has 0 bridgehead atoms. The Labute approximate surface area is 103 Å². The molecule has 0 radical (unpaired) electrons. The quantitative estimate of drug-likeness (QED) is 0.578. The van der Waals surface area contributed by atoms with Crippen LogP contribution in [0.25, 0.3) is 0 Å². The van der Waals surface area contributed by atoms with Gasteiger partial charge in [0.15, 0.2) is 0 Å². The first kappa shape index (κ1) is 15.9. The van der Waals surface area contributed by atoms with Gasteiger partial charge >= 0.3 is 11.9 Å². The van der Waals surface area contributed by atoms with E-state index in [1.165, 1.54) is 0 Å². The molecule has 0 aliphatic carbocycles. The number of rotatable bonds is 10. The average molecular weight is 244 g/mol. The van der Waals surface area contributed by atoms with E-state index in [2.05, 4.69) is 13.8 Å². The molecule has 0 amide bonds. The predicted molar refractivity (Wildman–Crippen MR) is 66.0 cm³/mol. The fourth-order valence-corrected chi connectivity index (χ4v) is 1.88. The fourth-order valence-electron chi connectivity index (χ4n) is 1.88.